The second-order valence-electron chi connectivity index (χ2n) is 5.83. The van der Waals surface area contributed by atoms with Gasteiger partial charge in [0.05, 0.1) is 11.5 Å². The van der Waals surface area contributed by atoms with E-state index in [0.29, 0.717) is 12.4 Å². The molecule has 0 aliphatic carbocycles. The van der Waals surface area contributed by atoms with Crippen molar-refractivity contribution in [1.29, 1.82) is 0 Å². The highest BCUT2D eigenvalue weighted by atomic mass is 32.2. The lowest BCUT2D eigenvalue weighted by atomic mass is 10.2. The minimum Gasteiger partial charge on any atom is -0.347 e. The van der Waals surface area contributed by atoms with E-state index in [-0.39, 0.29) is 23.2 Å². The number of carbonyl (C=O) groups is 1. The molecule has 1 aromatic heterocycles. The van der Waals surface area contributed by atoms with Crippen LogP contribution < -0.4 is 10.6 Å². The number of hydrogen-bond acceptors (Lipinski definition) is 6. The Morgan fingerprint density at radius 2 is 2.12 bits per heavy atom. The Morgan fingerprint density at radius 1 is 1.29 bits per heavy atom. The Labute approximate surface area is 140 Å². The lowest BCUT2D eigenvalue weighted by Crippen LogP contribution is -2.36. The summed E-state index contributed by atoms with van der Waals surface area (Å²) < 4.78 is 22.9. The Bertz CT molecular complexity index is 867. The molecule has 3 rings (SSSR count). The van der Waals surface area contributed by atoms with Gasteiger partial charge in [0.2, 0.25) is 5.95 Å². The Balaban J connectivity index is 1.69. The second kappa shape index (κ2) is 6.56. The number of amides is 1. The predicted octanol–water partition coefficient (Wildman–Crippen LogP) is 1.45. The predicted molar refractivity (Wildman–Crippen MR) is 91.0 cm³/mol. The third kappa shape index (κ3) is 4.08. The summed E-state index contributed by atoms with van der Waals surface area (Å²) in [4.78, 5) is 20.5. The molecule has 0 spiro atoms. The van der Waals surface area contributed by atoms with Gasteiger partial charge in [0.15, 0.2) is 9.84 Å². The van der Waals surface area contributed by atoms with Crippen LogP contribution in [0, 0.1) is 6.92 Å². The first-order chi connectivity index (χ1) is 11.4. The van der Waals surface area contributed by atoms with Gasteiger partial charge in [-0.15, -0.1) is 0 Å². The summed E-state index contributed by atoms with van der Waals surface area (Å²) in [5.41, 5.74) is 2.12. The van der Waals surface area contributed by atoms with E-state index in [2.05, 4.69) is 20.6 Å². The van der Waals surface area contributed by atoms with Gasteiger partial charge in [-0.1, -0.05) is 12.1 Å². The van der Waals surface area contributed by atoms with Crippen molar-refractivity contribution in [3.05, 3.63) is 47.8 Å². The topological polar surface area (TPSA) is 101 Å². The normalized spacial score (nSPS) is 19.0. The first-order valence-electron chi connectivity index (χ1n) is 7.59. The molecule has 2 heterocycles. The van der Waals surface area contributed by atoms with Gasteiger partial charge in [-0.2, -0.15) is 0 Å². The summed E-state index contributed by atoms with van der Waals surface area (Å²) in [7, 11) is -3.04. The maximum absolute atomic E-state index is 12.2. The fourth-order valence-corrected chi connectivity index (χ4v) is 4.24. The Kier molecular flexibility index (Phi) is 4.48. The second-order valence-corrected chi connectivity index (χ2v) is 8.06. The number of rotatable bonds is 4. The molecule has 1 fully saturated rings. The van der Waals surface area contributed by atoms with E-state index >= 15 is 0 Å². The number of carbonyl (C=O) groups excluding carboxylic acids is 1. The number of nitrogens with zero attached hydrogens (tertiary/aromatic N) is 2. The van der Waals surface area contributed by atoms with Crippen LogP contribution in [0.25, 0.3) is 0 Å². The molecule has 0 bridgehead atoms. The highest BCUT2D eigenvalue weighted by Crippen LogP contribution is 2.15. The maximum atomic E-state index is 12.2. The van der Waals surface area contributed by atoms with Crippen molar-refractivity contribution in [1.82, 2.24) is 15.3 Å². The molecule has 126 valence electrons. The number of sulfone groups is 1. The average molecular weight is 346 g/mol. The minimum absolute atomic E-state index is 0.0157. The molecule has 1 saturated heterocycles. The van der Waals surface area contributed by atoms with Crippen molar-refractivity contribution in [2.45, 2.75) is 19.4 Å². The molecule has 7 nitrogen and oxygen atoms in total. The molecule has 2 aromatic rings. The minimum atomic E-state index is -3.04. The van der Waals surface area contributed by atoms with Crippen molar-refractivity contribution in [3.8, 4) is 0 Å². The standard InChI is InChI=1S/C16H18N4O3S/c1-11-3-2-4-12(9-11)19-16-17-7-5-14(20-16)15(21)18-13-6-8-24(22,23)10-13/h2-5,7,9,13H,6,8,10H2,1H3,(H,18,21)(H,17,19,20). The van der Waals surface area contributed by atoms with E-state index in [0.717, 1.165) is 11.3 Å². The van der Waals surface area contributed by atoms with Crippen LogP contribution in [0.2, 0.25) is 0 Å². The van der Waals surface area contributed by atoms with Gasteiger partial charge in [-0.3, -0.25) is 4.79 Å². The summed E-state index contributed by atoms with van der Waals surface area (Å²) in [6.45, 7) is 1.98. The third-order valence-electron chi connectivity index (χ3n) is 3.73. The van der Waals surface area contributed by atoms with Crippen LogP contribution in [0.4, 0.5) is 11.6 Å². The van der Waals surface area contributed by atoms with Crippen LogP contribution >= 0.6 is 0 Å². The van der Waals surface area contributed by atoms with Crippen molar-refractivity contribution in [3.63, 3.8) is 0 Å². The Hall–Kier alpha value is -2.48. The van der Waals surface area contributed by atoms with Crippen LogP contribution in [0.5, 0.6) is 0 Å². The van der Waals surface area contributed by atoms with Gasteiger partial charge in [0, 0.05) is 17.9 Å². The van der Waals surface area contributed by atoms with Gasteiger partial charge in [-0.05, 0) is 37.1 Å². The van der Waals surface area contributed by atoms with Crippen molar-refractivity contribution >= 4 is 27.4 Å². The molecular formula is C16H18N4O3S. The van der Waals surface area contributed by atoms with E-state index in [1.54, 1.807) is 0 Å². The SMILES string of the molecule is Cc1cccc(Nc2nccc(C(=O)NC3CCS(=O)(=O)C3)n2)c1. The molecule has 1 aliphatic heterocycles. The van der Waals surface area contributed by atoms with Crippen molar-refractivity contribution in [2.24, 2.45) is 0 Å². The molecule has 1 aromatic carbocycles. The number of nitrogens with one attached hydrogen (secondary N) is 2. The van der Waals surface area contributed by atoms with Crippen molar-refractivity contribution < 1.29 is 13.2 Å². The molecule has 1 atom stereocenters. The average Bonchev–Trinajstić information content (AvgIpc) is 2.86. The first-order valence-corrected chi connectivity index (χ1v) is 9.41. The van der Waals surface area contributed by atoms with Crippen LogP contribution in [0.3, 0.4) is 0 Å². The lowest BCUT2D eigenvalue weighted by Gasteiger charge is -2.11. The van der Waals surface area contributed by atoms with E-state index in [4.69, 9.17) is 0 Å². The number of anilines is 2. The molecule has 8 heteroatoms. The number of hydrogen-bond donors (Lipinski definition) is 2. The molecule has 0 radical (unpaired) electrons. The first kappa shape index (κ1) is 16.4. The van der Waals surface area contributed by atoms with Gasteiger partial charge >= 0.3 is 0 Å². The van der Waals surface area contributed by atoms with Gasteiger partial charge < -0.3 is 10.6 Å². The summed E-state index contributed by atoms with van der Waals surface area (Å²) in [6, 6.07) is 8.86. The molecule has 2 N–H and O–H groups in total. The smallest absolute Gasteiger partial charge is 0.270 e. The van der Waals surface area contributed by atoms with Crippen LogP contribution in [0.15, 0.2) is 36.5 Å². The van der Waals surface area contributed by atoms with E-state index < -0.39 is 15.7 Å². The maximum Gasteiger partial charge on any atom is 0.270 e. The van der Waals surface area contributed by atoms with Gasteiger partial charge in [0.1, 0.15) is 5.69 Å². The fourth-order valence-electron chi connectivity index (χ4n) is 2.57. The highest BCUT2D eigenvalue weighted by Gasteiger charge is 2.29. The molecule has 1 amide bonds. The molecule has 0 saturated carbocycles. The largest absolute Gasteiger partial charge is 0.347 e. The van der Waals surface area contributed by atoms with Gasteiger partial charge in [-0.25, -0.2) is 18.4 Å². The van der Waals surface area contributed by atoms with Crippen LogP contribution in [-0.4, -0.2) is 41.8 Å². The number of benzene rings is 1. The molecule has 24 heavy (non-hydrogen) atoms. The van der Waals surface area contributed by atoms with Crippen LogP contribution in [0.1, 0.15) is 22.5 Å². The zero-order valence-electron chi connectivity index (χ0n) is 13.2. The molecule has 1 unspecified atom stereocenters. The van der Waals surface area contributed by atoms with Crippen LogP contribution in [-0.2, 0) is 9.84 Å². The quantitative estimate of drug-likeness (QED) is 0.869. The highest BCUT2D eigenvalue weighted by molar-refractivity contribution is 7.91. The zero-order valence-corrected chi connectivity index (χ0v) is 14.0. The Morgan fingerprint density at radius 3 is 2.83 bits per heavy atom. The van der Waals surface area contributed by atoms with E-state index in [9.17, 15) is 13.2 Å². The summed E-state index contributed by atoms with van der Waals surface area (Å²) in [5.74, 6) is 0.0131. The monoisotopic (exact) mass is 346 g/mol. The molecule has 1 aliphatic rings. The lowest BCUT2D eigenvalue weighted by molar-refractivity contribution is 0.0936. The van der Waals surface area contributed by atoms with E-state index in [1.165, 1.54) is 12.3 Å². The third-order valence-corrected chi connectivity index (χ3v) is 5.50. The summed E-state index contributed by atoms with van der Waals surface area (Å²) in [5, 5.41) is 5.76. The summed E-state index contributed by atoms with van der Waals surface area (Å²) in [6.07, 6.45) is 1.93. The van der Waals surface area contributed by atoms with Crippen molar-refractivity contribution in [2.75, 3.05) is 16.8 Å². The number of aryl methyl sites for hydroxylation is 1. The fraction of sp³-hybridized carbons (Fsp3) is 0.312. The zero-order chi connectivity index (χ0) is 17.2. The van der Waals surface area contributed by atoms with E-state index in [1.807, 2.05) is 31.2 Å². The molecular weight excluding hydrogens is 328 g/mol. The number of aromatic nitrogens is 2. The van der Waals surface area contributed by atoms with Gasteiger partial charge in [0.25, 0.3) is 5.91 Å². The summed E-state index contributed by atoms with van der Waals surface area (Å²) >= 11 is 0.